The van der Waals surface area contributed by atoms with Gasteiger partial charge in [0, 0.05) is 13.1 Å². The Morgan fingerprint density at radius 2 is 1.47 bits per heavy atom. The average molecular weight is 495 g/mol. The molecule has 3 aromatic rings. The number of nitrogens with one attached hydrogen (secondary N) is 1. The van der Waals surface area contributed by atoms with E-state index in [1.54, 1.807) is 42.5 Å². The number of benzene rings is 3. The molecule has 0 bridgehead atoms. The molecule has 0 aliphatic rings. The average Bonchev–Trinajstić information content (AvgIpc) is 2.80. The lowest BCUT2D eigenvalue weighted by Crippen LogP contribution is -2.41. The van der Waals surface area contributed by atoms with Gasteiger partial charge in [0.05, 0.1) is 17.0 Å². The summed E-state index contributed by atoms with van der Waals surface area (Å²) in [6, 6.07) is 17.8. The van der Waals surface area contributed by atoms with E-state index in [0.717, 1.165) is 22.0 Å². The number of hydrogen-bond acceptors (Lipinski definition) is 3. The molecule has 0 aliphatic heterocycles. The molecule has 0 aliphatic carbocycles. The van der Waals surface area contributed by atoms with E-state index in [-0.39, 0.29) is 13.1 Å². The number of halogens is 4. The second kappa shape index (κ2) is 10.8. The lowest BCUT2D eigenvalue weighted by molar-refractivity contribution is -0.139. The van der Waals surface area contributed by atoms with Crippen molar-refractivity contribution in [2.45, 2.75) is 24.0 Å². The molecule has 0 radical (unpaired) electrons. The summed E-state index contributed by atoms with van der Waals surface area (Å²) in [5.41, 5.74) is -0.0333. The van der Waals surface area contributed by atoms with Gasteiger partial charge in [0.1, 0.15) is 5.82 Å². The number of nitrogens with zero attached hydrogens (tertiary/aromatic N) is 1. The van der Waals surface area contributed by atoms with Gasteiger partial charge < -0.3 is 5.32 Å². The molecule has 0 heterocycles. The molecule has 3 aromatic carbocycles. The van der Waals surface area contributed by atoms with Crippen molar-refractivity contribution in [2.24, 2.45) is 0 Å². The highest BCUT2D eigenvalue weighted by Crippen LogP contribution is 2.35. The number of carbonyl (C=O) groups excluding carboxylic acids is 1. The van der Waals surface area contributed by atoms with E-state index in [1.165, 1.54) is 18.2 Å². The van der Waals surface area contributed by atoms with Gasteiger partial charge in [0.2, 0.25) is 15.9 Å². The summed E-state index contributed by atoms with van der Waals surface area (Å²) in [5, 5.41) is 2.57. The summed E-state index contributed by atoms with van der Waals surface area (Å²) in [6.07, 6.45) is -4.52. The molecule has 0 saturated carbocycles. The molecule has 0 atom stereocenters. The number of carbonyl (C=O) groups is 1. The zero-order valence-electron chi connectivity index (χ0n) is 17.9. The number of hydrogen-bond donors (Lipinski definition) is 1. The Balaban J connectivity index is 1.81. The second-order valence-electron chi connectivity index (χ2n) is 7.48. The molecule has 180 valence electrons. The summed E-state index contributed by atoms with van der Waals surface area (Å²) >= 11 is 0. The molecular formula is C24H22F4N2O3S. The number of alkyl halides is 3. The zero-order chi connectivity index (χ0) is 24.8. The van der Waals surface area contributed by atoms with E-state index in [9.17, 15) is 30.8 Å². The highest BCUT2D eigenvalue weighted by Gasteiger charge is 2.39. The van der Waals surface area contributed by atoms with E-state index in [4.69, 9.17) is 0 Å². The second-order valence-corrected chi connectivity index (χ2v) is 9.39. The smallest absolute Gasteiger partial charge is 0.355 e. The largest absolute Gasteiger partial charge is 0.417 e. The predicted molar refractivity (Wildman–Crippen MR) is 119 cm³/mol. The van der Waals surface area contributed by atoms with Crippen LogP contribution in [0.5, 0.6) is 0 Å². The van der Waals surface area contributed by atoms with Gasteiger partial charge in [-0.25, -0.2) is 12.8 Å². The Morgan fingerprint density at radius 1 is 0.853 bits per heavy atom. The predicted octanol–water partition coefficient (Wildman–Crippen LogP) is 4.39. The molecule has 0 unspecified atom stereocenters. The van der Waals surface area contributed by atoms with Crippen molar-refractivity contribution in [3.63, 3.8) is 0 Å². The van der Waals surface area contributed by atoms with E-state index < -0.39 is 44.9 Å². The molecule has 0 aromatic heterocycles. The van der Waals surface area contributed by atoms with E-state index in [0.29, 0.717) is 18.1 Å². The molecule has 0 saturated heterocycles. The highest BCUT2D eigenvalue weighted by molar-refractivity contribution is 7.89. The molecular weight excluding hydrogens is 472 g/mol. The van der Waals surface area contributed by atoms with Crippen LogP contribution in [0.25, 0.3) is 0 Å². The first-order valence-corrected chi connectivity index (χ1v) is 11.7. The number of amides is 1. The maximum absolute atomic E-state index is 13.5. The van der Waals surface area contributed by atoms with Gasteiger partial charge in [0.25, 0.3) is 0 Å². The lowest BCUT2D eigenvalue weighted by atomic mass is 10.1. The van der Waals surface area contributed by atoms with Crippen LogP contribution in [0.2, 0.25) is 0 Å². The molecule has 5 nitrogen and oxygen atoms in total. The molecule has 10 heteroatoms. The SMILES string of the molecule is O=C(CN(Cc1ccccc1)S(=O)(=O)c1ccccc1C(F)(F)F)NCCc1ccc(F)cc1. The maximum atomic E-state index is 13.5. The fourth-order valence-corrected chi connectivity index (χ4v) is 4.89. The quantitative estimate of drug-likeness (QED) is 0.449. The summed E-state index contributed by atoms with van der Waals surface area (Å²) in [4.78, 5) is 11.6. The third-order valence-corrected chi connectivity index (χ3v) is 6.83. The van der Waals surface area contributed by atoms with Crippen LogP contribution >= 0.6 is 0 Å². The molecule has 34 heavy (non-hydrogen) atoms. The summed E-state index contributed by atoms with van der Waals surface area (Å²) in [6.45, 7) is -0.823. The normalized spacial score (nSPS) is 12.0. The van der Waals surface area contributed by atoms with Crippen LogP contribution in [0.4, 0.5) is 17.6 Å². The molecule has 3 rings (SSSR count). The zero-order valence-corrected chi connectivity index (χ0v) is 18.7. The van der Waals surface area contributed by atoms with Gasteiger partial charge in [-0.2, -0.15) is 17.5 Å². The van der Waals surface area contributed by atoms with Gasteiger partial charge in [0.15, 0.2) is 0 Å². The first-order valence-electron chi connectivity index (χ1n) is 10.3. The minimum atomic E-state index is -4.89. The van der Waals surface area contributed by atoms with Crippen molar-refractivity contribution in [1.82, 2.24) is 9.62 Å². The molecule has 1 N–H and O–H groups in total. The van der Waals surface area contributed by atoms with Gasteiger partial charge in [-0.3, -0.25) is 4.79 Å². The fraction of sp³-hybridized carbons (Fsp3) is 0.208. The van der Waals surface area contributed by atoms with Gasteiger partial charge >= 0.3 is 6.18 Å². The Bertz CT molecular complexity index is 1210. The lowest BCUT2D eigenvalue weighted by Gasteiger charge is -2.24. The number of rotatable bonds is 9. The molecule has 0 fully saturated rings. The van der Waals surface area contributed by atoms with Crippen LogP contribution in [0, 0.1) is 5.82 Å². The van der Waals surface area contributed by atoms with Crippen molar-refractivity contribution in [3.8, 4) is 0 Å². The van der Waals surface area contributed by atoms with Crippen LogP contribution in [0.1, 0.15) is 16.7 Å². The topological polar surface area (TPSA) is 66.5 Å². The molecule has 0 spiro atoms. The van der Waals surface area contributed by atoms with Crippen molar-refractivity contribution < 1.29 is 30.8 Å². The summed E-state index contributed by atoms with van der Waals surface area (Å²) in [7, 11) is -4.68. The van der Waals surface area contributed by atoms with Crippen LogP contribution < -0.4 is 5.32 Å². The van der Waals surface area contributed by atoms with Crippen LogP contribution in [-0.2, 0) is 34.0 Å². The van der Waals surface area contributed by atoms with Crippen molar-refractivity contribution in [3.05, 3.63) is 101 Å². The highest BCUT2D eigenvalue weighted by atomic mass is 32.2. The first kappa shape index (κ1) is 25.4. The summed E-state index contributed by atoms with van der Waals surface area (Å²) < 4.78 is 80.8. The van der Waals surface area contributed by atoms with Gasteiger partial charge in [-0.1, -0.05) is 54.6 Å². The van der Waals surface area contributed by atoms with Crippen LogP contribution in [-0.4, -0.2) is 31.7 Å². The minimum absolute atomic E-state index is 0.142. The number of sulfonamides is 1. The van der Waals surface area contributed by atoms with Crippen LogP contribution in [0.3, 0.4) is 0 Å². The first-order chi connectivity index (χ1) is 16.1. The van der Waals surface area contributed by atoms with E-state index in [2.05, 4.69) is 5.32 Å². The van der Waals surface area contributed by atoms with Crippen molar-refractivity contribution in [1.29, 1.82) is 0 Å². The summed E-state index contributed by atoms with van der Waals surface area (Å²) in [5.74, 6) is -1.07. The Labute approximate surface area is 195 Å². The Morgan fingerprint density at radius 3 is 2.12 bits per heavy atom. The van der Waals surface area contributed by atoms with E-state index in [1.807, 2.05) is 0 Å². The molecule has 1 amide bonds. The Hall–Kier alpha value is -3.24. The van der Waals surface area contributed by atoms with E-state index >= 15 is 0 Å². The Kier molecular flexibility index (Phi) is 8.06. The monoisotopic (exact) mass is 494 g/mol. The van der Waals surface area contributed by atoms with Gasteiger partial charge in [-0.05, 0) is 41.8 Å². The maximum Gasteiger partial charge on any atom is 0.417 e. The van der Waals surface area contributed by atoms with Gasteiger partial charge in [-0.15, -0.1) is 0 Å². The minimum Gasteiger partial charge on any atom is -0.355 e. The standard InChI is InChI=1S/C24H22F4N2O3S/c25-20-12-10-18(11-13-20)14-15-29-23(31)17-30(16-19-6-2-1-3-7-19)34(32,33)22-9-5-4-8-21(22)24(26,27)28/h1-13H,14-17H2,(H,29,31). The van der Waals surface area contributed by atoms with Crippen molar-refractivity contribution in [2.75, 3.05) is 13.1 Å². The third-order valence-electron chi connectivity index (χ3n) is 4.98. The fourth-order valence-electron chi connectivity index (χ4n) is 3.29. The van der Waals surface area contributed by atoms with Crippen molar-refractivity contribution >= 4 is 15.9 Å². The third kappa shape index (κ3) is 6.64. The van der Waals surface area contributed by atoms with Crippen LogP contribution in [0.15, 0.2) is 83.8 Å².